The Morgan fingerprint density at radius 2 is 1.96 bits per heavy atom. The van der Waals surface area contributed by atoms with Crippen molar-refractivity contribution >= 4 is 17.4 Å². The molecule has 0 bridgehead atoms. The first-order valence-corrected chi connectivity index (χ1v) is 8.51. The zero-order valence-electron chi connectivity index (χ0n) is 14.9. The average molecular weight is 347 g/mol. The summed E-state index contributed by atoms with van der Waals surface area (Å²) in [7, 11) is 0. The van der Waals surface area contributed by atoms with E-state index in [1.807, 2.05) is 56.3 Å². The standard InChI is InChI=1S/C20H21N5O/c1-3-25(17-9-6-7-15(2)11-17)20(26)18-13-24-19(14-22-18)23-12-16-8-4-5-10-21-16/h4-11,13-14H,3,12H2,1-2H3,(H,23,24). The summed E-state index contributed by atoms with van der Waals surface area (Å²) in [4.78, 5) is 27.3. The van der Waals surface area contributed by atoms with Crippen LogP contribution in [0.25, 0.3) is 0 Å². The highest BCUT2D eigenvalue weighted by Crippen LogP contribution is 2.18. The van der Waals surface area contributed by atoms with Crippen molar-refractivity contribution in [2.45, 2.75) is 20.4 Å². The second-order valence-corrected chi connectivity index (χ2v) is 5.85. The summed E-state index contributed by atoms with van der Waals surface area (Å²) in [5.74, 6) is 0.438. The molecule has 0 spiro atoms. The Balaban J connectivity index is 1.69. The SMILES string of the molecule is CCN(C(=O)c1cnc(NCc2ccccn2)cn1)c1cccc(C)c1. The van der Waals surface area contributed by atoms with E-state index in [9.17, 15) is 4.79 Å². The lowest BCUT2D eigenvalue weighted by atomic mass is 10.2. The molecule has 0 aliphatic heterocycles. The number of hydrogen-bond donors (Lipinski definition) is 1. The number of aromatic nitrogens is 3. The minimum atomic E-state index is -0.165. The molecule has 1 aromatic carbocycles. The maximum absolute atomic E-state index is 12.8. The van der Waals surface area contributed by atoms with Gasteiger partial charge in [-0.15, -0.1) is 0 Å². The Bertz CT molecular complexity index is 865. The molecule has 132 valence electrons. The Hall–Kier alpha value is -3.28. The van der Waals surface area contributed by atoms with Gasteiger partial charge in [0.2, 0.25) is 0 Å². The van der Waals surface area contributed by atoms with Gasteiger partial charge in [-0.25, -0.2) is 9.97 Å². The van der Waals surface area contributed by atoms with Gasteiger partial charge in [0.15, 0.2) is 0 Å². The van der Waals surface area contributed by atoms with E-state index < -0.39 is 0 Å². The molecule has 2 heterocycles. The number of carbonyl (C=O) groups excluding carboxylic acids is 1. The van der Waals surface area contributed by atoms with E-state index in [4.69, 9.17) is 0 Å². The van der Waals surface area contributed by atoms with Crippen LogP contribution < -0.4 is 10.2 Å². The van der Waals surface area contributed by atoms with Gasteiger partial charge in [0.1, 0.15) is 11.5 Å². The fourth-order valence-electron chi connectivity index (χ4n) is 2.59. The van der Waals surface area contributed by atoms with Crippen LogP contribution in [0.3, 0.4) is 0 Å². The lowest BCUT2D eigenvalue weighted by Gasteiger charge is -2.21. The minimum Gasteiger partial charge on any atom is -0.363 e. The first-order valence-electron chi connectivity index (χ1n) is 8.51. The smallest absolute Gasteiger partial charge is 0.278 e. The molecular weight excluding hydrogens is 326 g/mol. The monoisotopic (exact) mass is 347 g/mol. The van der Waals surface area contributed by atoms with Gasteiger partial charge in [0.05, 0.1) is 24.6 Å². The lowest BCUT2D eigenvalue weighted by Crippen LogP contribution is -2.31. The van der Waals surface area contributed by atoms with E-state index in [2.05, 4.69) is 20.3 Å². The summed E-state index contributed by atoms with van der Waals surface area (Å²) in [5, 5.41) is 3.15. The molecule has 1 amide bonds. The average Bonchev–Trinajstić information content (AvgIpc) is 2.68. The molecule has 0 unspecified atom stereocenters. The van der Waals surface area contributed by atoms with Gasteiger partial charge in [-0.2, -0.15) is 0 Å². The number of carbonyl (C=O) groups is 1. The highest BCUT2D eigenvalue weighted by Gasteiger charge is 2.17. The van der Waals surface area contributed by atoms with Gasteiger partial charge in [-0.05, 0) is 43.7 Å². The Morgan fingerprint density at radius 1 is 1.08 bits per heavy atom. The molecule has 1 N–H and O–H groups in total. The maximum Gasteiger partial charge on any atom is 0.278 e. The quantitative estimate of drug-likeness (QED) is 0.739. The van der Waals surface area contributed by atoms with Crippen LogP contribution in [-0.4, -0.2) is 27.4 Å². The predicted octanol–water partition coefficient (Wildman–Crippen LogP) is 3.46. The second-order valence-electron chi connectivity index (χ2n) is 5.85. The number of pyridine rings is 1. The van der Waals surface area contributed by atoms with Gasteiger partial charge in [0.25, 0.3) is 5.91 Å². The molecule has 0 fully saturated rings. The van der Waals surface area contributed by atoms with Crippen molar-refractivity contribution < 1.29 is 4.79 Å². The Morgan fingerprint density at radius 3 is 2.62 bits per heavy atom. The highest BCUT2D eigenvalue weighted by atomic mass is 16.2. The number of hydrogen-bond acceptors (Lipinski definition) is 5. The minimum absolute atomic E-state index is 0.165. The van der Waals surface area contributed by atoms with E-state index >= 15 is 0 Å². The number of benzene rings is 1. The van der Waals surface area contributed by atoms with Crippen molar-refractivity contribution in [3.05, 3.63) is 78.0 Å². The van der Waals surface area contributed by atoms with Crippen molar-refractivity contribution in [2.75, 3.05) is 16.8 Å². The van der Waals surface area contributed by atoms with Gasteiger partial charge < -0.3 is 10.2 Å². The Kier molecular flexibility index (Phi) is 5.53. The third-order valence-corrected chi connectivity index (χ3v) is 3.92. The number of nitrogens with one attached hydrogen (secondary N) is 1. The fourth-order valence-corrected chi connectivity index (χ4v) is 2.59. The molecule has 26 heavy (non-hydrogen) atoms. The van der Waals surface area contributed by atoms with Crippen molar-refractivity contribution in [3.8, 4) is 0 Å². The van der Waals surface area contributed by atoms with Gasteiger partial charge in [-0.3, -0.25) is 9.78 Å². The van der Waals surface area contributed by atoms with Crippen molar-refractivity contribution in [1.82, 2.24) is 15.0 Å². The summed E-state index contributed by atoms with van der Waals surface area (Å²) in [6, 6.07) is 13.6. The molecule has 6 nitrogen and oxygen atoms in total. The highest BCUT2D eigenvalue weighted by molar-refractivity contribution is 6.04. The first kappa shape index (κ1) is 17.5. The van der Waals surface area contributed by atoms with Gasteiger partial charge in [-0.1, -0.05) is 18.2 Å². The van der Waals surface area contributed by atoms with Crippen LogP contribution in [0.4, 0.5) is 11.5 Å². The zero-order chi connectivity index (χ0) is 18.4. The molecule has 3 rings (SSSR count). The van der Waals surface area contributed by atoms with Crippen LogP contribution in [0.2, 0.25) is 0 Å². The summed E-state index contributed by atoms with van der Waals surface area (Å²) in [6.07, 6.45) is 4.82. The molecule has 0 saturated carbocycles. The third kappa shape index (κ3) is 4.22. The van der Waals surface area contributed by atoms with Crippen LogP contribution in [0.15, 0.2) is 61.1 Å². The van der Waals surface area contributed by atoms with Crippen LogP contribution in [0.1, 0.15) is 28.7 Å². The van der Waals surface area contributed by atoms with E-state index in [1.165, 1.54) is 6.20 Å². The molecule has 0 atom stereocenters. The van der Waals surface area contributed by atoms with Crippen LogP contribution in [0.5, 0.6) is 0 Å². The number of anilines is 2. The zero-order valence-corrected chi connectivity index (χ0v) is 14.9. The Labute approximate surface area is 153 Å². The summed E-state index contributed by atoms with van der Waals surface area (Å²) in [5.41, 5.74) is 3.19. The predicted molar refractivity (Wildman–Crippen MR) is 102 cm³/mol. The molecular formula is C20H21N5O. The molecule has 0 radical (unpaired) electrons. The van der Waals surface area contributed by atoms with E-state index in [0.29, 0.717) is 24.6 Å². The number of rotatable bonds is 6. The van der Waals surface area contributed by atoms with E-state index in [0.717, 1.165) is 16.9 Å². The van der Waals surface area contributed by atoms with Gasteiger partial charge in [0, 0.05) is 18.4 Å². The van der Waals surface area contributed by atoms with Crippen LogP contribution >= 0.6 is 0 Å². The van der Waals surface area contributed by atoms with Crippen molar-refractivity contribution in [1.29, 1.82) is 0 Å². The third-order valence-electron chi connectivity index (χ3n) is 3.92. The molecule has 0 aliphatic carbocycles. The number of aryl methyl sites for hydroxylation is 1. The molecule has 0 aliphatic rings. The van der Waals surface area contributed by atoms with E-state index in [1.54, 1.807) is 17.3 Å². The van der Waals surface area contributed by atoms with E-state index in [-0.39, 0.29) is 5.91 Å². The first-order chi connectivity index (χ1) is 12.7. The molecule has 3 aromatic rings. The molecule has 2 aromatic heterocycles. The second kappa shape index (κ2) is 8.20. The topological polar surface area (TPSA) is 71.0 Å². The number of amides is 1. The van der Waals surface area contributed by atoms with Crippen LogP contribution in [0, 0.1) is 6.92 Å². The molecule has 6 heteroatoms. The molecule has 0 saturated heterocycles. The largest absolute Gasteiger partial charge is 0.363 e. The normalized spacial score (nSPS) is 10.4. The van der Waals surface area contributed by atoms with Gasteiger partial charge >= 0.3 is 0 Å². The summed E-state index contributed by atoms with van der Waals surface area (Å²) < 4.78 is 0. The lowest BCUT2D eigenvalue weighted by molar-refractivity contribution is 0.0983. The number of nitrogens with zero attached hydrogens (tertiary/aromatic N) is 4. The van der Waals surface area contributed by atoms with Crippen LogP contribution in [-0.2, 0) is 6.54 Å². The van der Waals surface area contributed by atoms with Crippen molar-refractivity contribution in [2.24, 2.45) is 0 Å². The summed E-state index contributed by atoms with van der Waals surface area (Å²) >= 11 is 0. The van der Waals surface area contributed by atoms with Crippen molar-refractivity contribution in [3.63, 3.8) is 0 Å². The fraction of sp³-hybridized carbons (Fsp3) is 0.200. The summed E-state index contributed by atoms with van der Waals surface area (Å²) in [6.45, 7) is 5.05. The maximum atomic E-state index is 12.8.